The number of hydrogen-bond donors (Lipinski definition) is 4. The Labute approximate surface area is 144 Å². The fraction of sp³-hybridized carbons (Fsp3) is 0. The van der Waals surface area contributed by atoms with Crippen LogP contribution in [0.4, 0.5) is 32.8 Å². The van der Waals surface area contributed by atoms with E-state index in [0.29, 0.717) is 17.1 Å². The molecule has 0 aliphatic rings. The van der Waals surface area contributed by atoms with Gasteiger partial charge in [-0.15, -0.1) is 0 Å². The number of nitrogen functional groups attached to an aromatic ring is 2. The van der Waals surface area contributed by atoms with Crippen LogP contribution in [0.1, 0.15) is 10.4 Å². The summed E-state index contributed by atoms with van der Waals surface area (Å²) in [5.41, 5.74) is 13.7. The molecule has 0 saturated heterocycles. The first-order valence-electron chi connectivity index (χ1n) is 7.61. The Kier molecular flexibility index (Phi) is 4.52. The predicted octanol–water partition coefficient (Wildman–Crippen LogP) is 3.99. The van der Waals surface area contributed by atoms with Gasteiger partial charge in [0.1, 0.15) is 5.82 Å². The molecule has 0 radical (unpaired) electrons. The molecule has 3 rings (SSSR count). The van der Waals surface area contributed by atoms with Gasteiger partial charge in [0.2, 0.25) is 0 Å². The Bertz CT molecular complexity index is 913. The molecular formula is C19H17FN4O. The van der Waals surface area contributed by atoms with E-state index in [1.54, 1.807) is 30.3 Å². The van der Waals surface area contributed by atoms with Gasteiger partial charge >= 0.3 is 0 Å². The average Bonchev–Trinajstić information content (AvgIpc) is 2.60. The molecule has 0 atom stereocenters. The number of carbonyl (C=O) groups excluding carboxylic acids is 1. The molecule has 1 amide bonds. The lowest BCUT2D eigenvalue weighted by Gasteiger charge is -2.11. The molecule has 0 aliphatic carbocycles. The molecule has 0 heterocycles. The second-order valence-corrected chi connectivity index (χ2v) is 5.45. The van der Waals surface area contributed by atoms with E-state index in [4.69, 9.17) is 11.5 Å². The van der Waals surface area contributed by atoms with Crippen molar-refractivity contribution in [2.24, 2.45) is 0 Å². The molecule has 0 saturated carbocycles. The third-order valence-electron chi connectivity index (χ3n) is 3.66. The lowest BCUT2D eigenvalue weighted by molar-refractivity contribution is 0.102. The molecule has 0 aromatic heterocycles. The Hall–Kier alpha value is -3.54. The normalized spacial score (nSPS) is 10.3. The van der Waals surface area contributed by atoms with Gasteiger partial charge in [0.25, 0.3) is 5.91 Å². The molecule has 25 heavy (non-hydrogen) atoms. The van der Waals surface area contributed by atoms with E-state index in [9.17, 15) is 9.18 Å². The Balaban J connectivity index is 1.77. The summed E-state index contributed by atoms with van der Waals surface area (Å²) >= 11 is 0. The Morgan fingerprint density at radius 3 is 2.36 bits per heavy atom. The largest absolute Gasteiger partial charge is 0.397 e. The third kappa shape index (κ3) is 3.69. The smallest absolute Gasteiger partial charge is 0.257 e. The van der Waals surface area contributed by atoms with E-state index in [1.807, 2.05) is 30.3 Å². The number of amides is 1. The fourth-order valence-corrected chi connectivity index (χ4v) is 2.35. The van der Waals surface area contributed by atoms with E-state index in [1.165, 1.54) is 6.07 Å². The van der Waals surface area contributed by atoms with Gasteiger partial charge in [0, 0.05) is 11.4 Å². The first-order valence-corrected chi connectivity index (χ1v) is 7.61. The Morgan fingerprint density at radius 1 is 0.880 bits per heavy atom. The maximum Gasteiger partial charge on any atom is 0.257 e. The number of carbonyl (C=O) groups is 1. The van der Waals surface area contributed by atoms with E-state index in [-0.39, 0.29) is 11.3 Å². The van der Waals surface area contributed by atoms with Crippen molar-refractivity contribution in [3.05, 3.63) is 78.1 Å². The van der Waals surface area contributed by atoms with Gasteiger partial charge in [-0.1, -0.05) is 24.3 Å². The number of anilines is 5. The minimum atomic E-state index is -0.484. The van der Waals surface area contributed by atoms with E-state index >= 15 is 0 Å². The lowest BCUT2D eigenvalue weighted by atomic mass is 10.1. The minimum absolute atomic E-state index is 0.197. The molecule has 6 N–H and O–H groups in total. The van der Waals surface area contributed by atoms with Crippen LogP contribution in [0.2, 0.25) is 0 Å². The van der Waals surface area contributed by atoms with Crippen LogP contribution in [-0.2, 0) is 0 Å². The van der Waals surface area contributed by atoms with E-state index in [2.05, 4.69) is 10.6 Å². The number of halogens is 1. The summed E-state index contributed by atoms with van der Waals surface area (Å²) in [6, 6.07) is 18.4. The van der Waals surface area contributed by atoms with Crippen molar-refractivity contribution >= 4 is 34.3 Å². The van der Waals surface area contributed by atoms with Crippen LogP contribution in [0.3, 0.4) is 0 Å². The van der Waals surface area contributed by atoms with Crippen LogP contribution < -0.4 is 22.1 Å². The van der Waals surface area contributed by atoms with Crippen molar-refractivity contribution in [2.75, 3.05) is 22.1 Å². The predicted molar refractivity (Wildman–Crippen MR) is 99.3 cm³/mol. The summed E-state index contributed by atoms with van der Waals surface area (Å²) in [6.07, 6.45) is 0. The number of nitrogens with one attached hydrogen (secondary N) is 2. The number of para-hydroxylation sites is 2. The zero-order valence-electron chi connectivity index (χ0n) is 13.3. The Morgan fingerprint density at radius 2 is 1.64 bits per heavy atom. The molecule has 0 spiro atoms. The van der Waals surface area contributed by atoms with Crippen molar-refractivity contribution in [3.63, 3.8) is 0 Å². The summed E-state index contributed by atoms with van der Waals surface area (Å²) in [5.74, 6) is -0.935. The van der Waals surface area contributed by atoms with Crippen molar-refractivity contribution < 1.29 is 9.18 Å². The molecule has 6 heteroatoms. The van der Waals surface area contributed by atoms with Gasteiger partial charge in [0.05, 0.1) is 22.6 Å². The first kappa shape index (κ1) is 16.3. The standard InChI is InChI=1S/C19H17FN4O/c20-15-11-13(9-10-17(15)23-12-5-2-1-3-6-12)24-19(25)14-7-4-8-16(21)18(14)22/h1-11,23H,21-22H2,(H,24,25). The van der Waals surface area contributed by atoms with Crippen molar-refractivity contribution in [2.45, 2.75) is 0 Å². The molecule has 126 valence electrons. The highest BCUT2D eigenvalue weighted by atomic mass is 19.1. The fourth-order valence-electron chi connectivity index (χ4n) is 2.35. The summed E-state index contributed by atoms with van der Waals surface area (Å²) in [6.45, 7) is 0. The van der Waals surface area contributed by atoms with Crippen LogP contribution in [0.15, 0.2) is 66.7 Å². The molecule has 0 aliphatic heterocycles. The summed E-state index contributed by atoms with van der Waals surface area (Å²) in [4.78, 5) is 12.3. The van der Waals surface area contributed by atoms with Gasteiger partial charge in [-0.3, -0.25) is 4.79 Å². The number of nitrogens with two attached hydrogens (primary N) is 2. The van der Waals surface area contributed by atoms with Crippen LogP contribution in [0.25, 0.3) is 0 Å². The highest BCUT2D eigenvalue weighted by Crippen LogP contribution is 2.24. The van der Waals surface area contributed by atoms with Crippen molar-refractivity contribution in [3.8, 4) is 0 Å². The van der Waals surface area contributed by atoms with E-state index in [0.717, 1.165) is 5.69 Å². The maximum absolute atomic E-state index is 14.3. The maximum atomic E-state index is 14.3. The zero-order chi connectivity index (χ0) is 17.8. The summed E-state index contributed by atoms with van der Waals surface area (Å²) < 4.78 is 14.3. The highest BCUT2D eigenvalue weighted by Gasteiger charge is 2.12. The molecular weight excluding hydrogens is 319 g/mol. The molecule has 0 bridgehead atoms. The number of benzene rings is 3. The van der Waals surface area contributed by atoms with Gasteiger partial charge in [-0.2, -0.15) is 0 Å². The number of rotatable bonds is 4. The number of hydrogen-bond acceptors (Lipinski definition) is 4. The second-order valence-electron chi connectivity index (χ2n) is 5.45. The zero-order valence-corrected chi connectivity index (χ0v) is 13.3. The lowest BCUT2D eigenvalue weighted by Crippen LogP contribution is -2.15. The SMILES string of the molecule is Nc1cccc(C(=O)Nc2ccc(Nc3ccccc3)c(F)c2)c1N. The third-order valence-corrected chi connectivity index (χ3v) is 3.66. The van der Waals surface area contributed by atoms with Crippen LogP contribution in [0, 0.1) is 5.82 Å². The molecule has 0 fully saturated rings. The first-order chi connectivity index (χ1) is 12.0. The highest BCUT2D eigenvalue weighted by molar-refractivity contribution is 6.09. The van der Waals surface area contributed by atoms with Crippen molar-refractivity contribution in [1.29, 1.82) is 0 Å². The molecule has 5 nitrogen and oxygen atoms in total. The second kappa shape index (κ2) is 6.92. The average molecular weight is 336 g/mol. The summed E-state index contributed by atoms with van der Waals surface area (Å²) in [5, 5.41) is 5.59. The van der Waals surface area contributed by atoms with E-state index < -0.39 is 11.7 Å². The topological polar surface area (TPSA) is 93.2 Å². The van der Waals surface area contributed by atoms with Crippen LogP contribution in [-0.4, -0.2) is 5.91 Å². The summed E-state index contributed by atoms with van der Waals surface area (Å²) in [7, 11) is 0. The van der Waals surface area contributed by atoms with Gasteiger partial charge < -0.3 is 22.1 Å². The van der Waals surface area contributed by atoms with Crippen LogP contribution >= 0.6 is 0 Å². The van der Waals surface area contributed by atoms with Gasteiger partial charge in [-0.05, 0) is 42.5 Å². The monoisotopic (exact) mass is 336 g/mol. The van der Waals surface area contributed by atoms with Crippen LogP contribution in [0.5, 0.6) is 0 Å². The minimum Gasteiger partial charge on any atom is -0.397 e. The molecule has 3 aromatic rings. The van der Waals surface area contributed by atoms with Gasteiger partial charge in [-0.25, -0.2) is 4.39 Å². The van der Waals surface area contributed by atoms with Gasteiger partial charge in [0.15, 0.2) is 0 Å². The quantitative estimate of drug-likeness (QED) is 0.542. The van der Waals surface area contributed by atoms with Crippen molar-refractivity contribution in [1.82, 2.24) is 0 Å². The molecule has 3 aromatic carbocycles. The molecule has 0 unspecified atom stereocenters.